The number of nitrogens with one attached hydrogen (secondary N) is 2. The SMILES string of the molecule is COc1ccc(C)cc1NC(=O)CCNc1c(N2CCCC2)c(=O)c1=O. The van der Waals surface area contributed by atoms with Crippen molar-refractivity contribution < 1.29 is 9.53 Å². The highest BCUT2D eigenvalue weighted by atomic mass is 16.5. The van der Waals surface area contributed by atoms with Crippen molar-refractivity contribution in [3.05, 3.63) is 44.2 Å². The Morgan fingerprint density at radius 1 is 1.19 bits per heavy atom. The Bertz CT molecular complexity index is 877. The summed E-state index contributed by atoms with van der Waals surface area (Å²) < 4.78 is 5.24. The molecule has 0 spiro atoms. The third-order valence-electron chi connectivity index (χ3n) is 4.59. The molecule has 0 unspecified atom stereocenters. The Labute approximate surface area is 151 Å². The van der Waals surface area contributed by atoms with E-state index in [1.807, 2.05) is 24.0 Å². The number of aryl methyl sites for hydroxylation is 1. The van der Waals surface area contributed by atoms with Gasteiger partial charge >= 0.3 is 0 Å². The molecule has 1 aliphatic heterocycles. The Balaban J connectivity index is 1.57. The van der Waals surface area contributed by atoms with Gasteiger partial charge in [-0.1, -0.05) is 6.07 Å². The highest BCUT2D eigenvalue weighted by Crippen LogP contribution is 2.26. The van der Waals surface area contributed by atoms with Crippen LogP contribution in [0.5, 0.6) is 5.75 Å². The molecule has 3 rings (SSSR count). The topological polar surface area (TPSA) is 87.7 Å². The van der Waals surface area contributed by atoms with Gasteiger partial charge in [0, 0.05) is 26.1 Å². The molecule has 1 aliphatic rings. The molecule has 0 aliphatic carbocycles. The van der Waals surface area contributed by atoms with Crippen molar-refractivity contribution >= 4 is 23.0 Å². The molecule has 1 saturated heterocycles. The first-order valence-electron chi connectivity index (χ1n) is 8.78. The zero-order chi connectivity index (χ0) is 18.7. The Morgan fingerprint density at radius 3 is 2.62 bits per heavy atom. The molecule has 1 heterocycles. The summed E-state index contributed by atoms with van der Waals surface area (Å²) in [6.07, 6.45) is 2.23. The first kappa shape index (κ1) is 18.0. The molecule has 2 aromatic rings. The number of hydrogen-bond donors (Lipinski definition) is 2. The highest BCUT2D eigenvalue weighted by Gasteiger charge is 2.27. The Morgan fingerprint density at radius 2 is 1.92 bits per heavy atom. The lowest BCUT2D eigenvalue weighted by atomic mass is 10.1. The molecule has 0 radical (unpaired) electrons. The van der Waals surface area contributed by atoms with Crippen molar-refractivity contribution in [1.82, 2.24) is 0 Å². The van der Waals surface area contributed by atoms with Gasteiger partial charge in [0.15, 0.2) is 0 Å². The summed E-state index contributed by atoms with van der Waals surface area (Å²) in [5.41, 5.74) is 1.53. The average molecular weight is 357 g/mol. The minimum atomic E-state index is -0.493. The van der Waals surface area contributed by atoms with Crippen LogP contribution in [0.15, 0.2) is 27.8 Å². The van der Waals surface area contributed by atoms with Gasteiger partial charge in [0.05, 0.1) is 12.8 Å². The third kappa shape index (κ3) is 3.56. The van der Waals surface area contributed by atoms with E-state index in [4.69, 9.17) is 4.74 Å². The van der Waals surface area contributed by atoms with Crippen LogP contribution in [0.4, 0.5) is 17.1 Å². The smallest absolute Gasteiger partial charge is 0.253 e. The Kier molecular flexibility index (Phi) is 5.25. The monoisotopic (exact) mass is 357 g/mol. The molecule has 0 aromatic heterocycles. The number of carbonyl (C=O) groups is 1. The molecular formula is C19H23N3O4. The lowest BCUT2D eigenvalue weighted by molar-refractivity contribution is -0.116. The fraction of sp³-hybridized carbons (Fsp3) is 0.421. The molecule has 7 heteroatoms. The molecule has 26 heavy (non-hydrogen) atoms. The molecule has 0 atom stereocenters. The minimum absolute atomic E-state index is 0.176. The summed E-state index contributed by atoms with van der Waals surface area (Å²) >= 11 is 0. The van der Waals surface area contributed by atoms with Crippen LogP contribution in [0.2, 0.25) is 0 Å². The number of hydrogen-bond acceptors (Lipinski definition) is 6. The minimum Gasteiger partial charge on any atom is -0.495 e. The first-order valence-corrected chi connectivity index (χ1v) is 8.78. The molecule has 1 amide bonds. The van der Waals surface area contributed by atoms with Gasteiger partial charge in [0.25, 0.3) is 10.9 Å². The second-order valence-electron chi connectivity index (χ2n) is 6.50. The van der Waals surface area contributed by atoms with Gasteiger partial charge in [-0.3, -0.25) is 14.4 Å². The maximum absolute atomic E-state index is 12.2. The van der Waals surface area contributed by atoms with Crippen LogP contribution in [0, 0.1) is 6.92 Å². The van der Waals surface area contributed by atoms with Crippen LogP contribution in [-0.2, 0) is 4.79 Å². The van der Waals surface area contributed by atoms with E-state index in [0.717, 1.165) is 31.5 Å². The summed E-state index contributed by atoms with van der Waals surface area (Å²) in [5.74, 6) is 0.401. The van der Waals surface area contributed by atoms with Crippen LogP contribution < -0.4 is 31.1 Å². The fourth-order valence-electron chi connectivity index (χ4n) is 3.22. The van der Waals surface area contributed by atoms with Crippen LogP contribution in [-0.4, -0.2) is 32.7 Å². The van der Waals surface area contributed by atoms with Crippen LogP contribution in [0.1, 0.15) is 24.8 Å². The zero-order valence-corrected chi connectivity index (χ0v) is 15.1. The van der Waals surface area contributed by atoms with E-state index in [0.29, 0.717) is 22.8 Å². The fourth-order valence-corrected chi connectivity index (χ4v) is 3.22. The maximum atomic E-state index is 12.2. The van der Waals surface area contributed by atoms with Crippen molar-refractivity contribution in [3.8, 4) is 5.75 Å². The number of anilines is 3. The van der Waals surface area contributed by atoms with Gasteiger partial charge in [0.1, 0.15) is 17.1 Å². The van der Waals surface area contributed by atoms with Crippen LogP contribution in [0.3, 0.4) is 0 Å². The van der Waals surface area contributed by atoms with Crippen molar-refractivity contribution in [2.24, 2.45) is 0 Å². The molecule has 1 fully saturated rings. The third-order valence-corrected chi connectivity index (χ3v) is 4.59. The maximum Gasteiger partial charge on any atom is 0.253 e. The number of benzene rings is 1. The van der Waals surface area contributed by atoms with E-state index in [1.54, 1.807) is 13.2 Å². The lowest BCUT2D eigenvalue weighted by Gasteiger charge is -2.22. The van der Waals surface area contributed by atoms with E-state index >= 15 is 0 Å². The summed E-state index contributed by atoms with van der Waals surface area (Å²) in [6.45, 7) is 3.81. The summed E-state index contributed by atoms with van der Waals surface area (Å²) in [5, 5.41) is 5.77. The highest BCUT2D eigenvalue weighted by molar-refractivity contribution is 5.92. The largest absolute Gasteiger partial charge is 0.495 e. The number of rotatable bonds is 7. The molecule has 7 nitrogen and oxygen atoms in total. The van der Waals surface area contributed by atoms with E-state index in [-0.39, 0.29) is 18.9 Å². The van der Waals surface area contributed by atoms with Gasteiger partial charge in [-0.2, -0.15) is 0 Å². The van der Waals surface area contributed by atoms with Crippen LogP contribution >= 0.6 is 0 Å². The number of carbonyl (C=O) groups excluding carboxylic acids is 1. The molecule has 0 bridgehead atoms. The predicted octanol–water partition coefficient (Wildman–Crippen LogP) is 1.64. The Hall–Kier alpha value is -2.83. The van der Waals surface area contributed by atoms with E-state index in [1.165, 1.54) is 0 Å². The summed E-state index contributed by atoms with van der Waals surface area (Å²) in [7, 11) is 1.55. The second kappa shape index (κ2) is 7.59. The van der Waals surface area contributed by atoms with Gasteiger partial charge in [-0.15, -0.1) is 0 Å². The summed E-state index contributed by atoms with van der Waals surface area (Å²) in [6, 6.07) is 5.54. The average Bonchev–Trinajstić information content (AvgIpc) is 3.14. The number of amides is 1. The van der Waals surface area contributed by atoms with E-state index in [2.05, 4.69) is 10.6 Å². The molecule has 2 N–H and O–H groups in total. The van der Waals surface area contributed by atoms with Gasteiger partial charge in [-0.25, -0.2) is 0 Å². The number of methoxy groups -OCH3 is 1. The predicted molar refractivity (Wildman–Crippen MR) is 102 cm³/mol. The van der Waals surface area contributed by atoms with Crippen LogP contribution in [0.25, 0.3) is 0 Å². The molecular weight excluding hydrogens is 334 g/mol. The summed E-state index contributed by atoms with van der Waals surface area (Å²) in [4.78, 5) is 37.7. The second-order valence-corrected chi connectivity index (χ2v) is 6.50. The van der Waals surface area contributed by atoms with Crippen molar-refractivity contribution in [2.75, 3.05) is 42.3 Å². The first-order chi connectivity index (χ1) is 12.5. The van der Waals surface area contributed by atoms with Gasteiger partial charge in [0.2, 0.25) is 5.91 Å². The molecule has 0 saturated carbocycles. The zero-order valence-electron chi connectivity index (χ0n) is 15.1. The quantitative estimate of drug-likeness (QED) is 0.733. The number of ether oxygens (including phenoxy) is 1. The lowest BCUT2D eigenvalue weighted by Crippen LogP contribution is -2.42. The van der Waals surface area contributed by atoms with Crippen molar-refractivity contribution in [2.45, 2.75) is 26.2 Å². The van der Waals surface area contributed by atoms with Gasteiger partial charge in [-0.05, 0) is 37.5 Å². The van der Waals surface area contributed by atoms with Crippen molar-refractivity contribution in [3.63, 3.8) is 0 Å². The molecule has 138 valence electrons. The van der Waals surface area contributed by atoms with Gasteiger partial charge < -0.3 is 20.3 Å². The number of nitrogens with zero attached hydrogens (tertiary/aromatic N) is 1. The normalized spacial score (nSPS) is 13.8. The standard InChI is InChI=1S/C19H23N3O4/c1-12-5-6-14(26-2)13(11-12)21-15(23)7-8-20-16-17(19(25)18(16)24)22-9-3-4-10-22/h5-6,11,20H,3-4,7-10H2,1-2H3,(H,21,23). The van der Waals surface area contributed by atoms with Crippen molar-refractivity contribution in [1.29, 1.82) is 0 Å². The van der Waals surface area contributed by atoms with E-state index < -0.39 is 10.9 Å². The van der Waals surface area contributed by atoms with E-state index in [9.17, 15) is 14.4 Å². The molecule has 2 aromatic carbocycles.